The summed E-state index contributed by atoms with van der Waals surface area (Å²) in [7, 11) is -3.61. The predicted octanol–water partition coefficient (Wildman–Crippen LogP) is 6.68. The molecule has 0 radical (unpaired) electrons. The third-order valence-electron chi connectivity index (χ3n) is 8.80. The molecule has 0 bridgehead atoms. The van der Waals surface area contributed by atoms with E-state index in [1.54, 1.807) is 6.08 Å². The lowest BCUT2D eigenvalue weighted by Crippen LogP contribution is -2.35. The summed E-state index contributed by atoms with van der Waals surface area (Å²) in [6, 6.07) is 0. The van der Waals surface area contributed by atoms with Crippen molar-refractivity contribution < 1.29 is 28.9 Å². The van der Waals surface area contributed by atoms with Crippen molar-refractivity contribution in [3.8, 4) is 0 Å². The lowest BCUT2D eigenvalue weighted by atomic mass is 9.61. The van der Waals surface area contributed by atoms with Gasteiger partial charge in [0.15, 0.2) is 5.85 Å². The fraction of sp³-hybridized carbons (Fsp3) is 0.733. The Morgan fingerprint density at radius 2 is 1.81 bits per heavy atom. The summed E-state index contributed by atoms with van der Waals surface area (Å²) in [6.07, 6.45) is 14.7. The van der Waals surface area contributed by atoms with Gasteiger partial charge in [0.1, 0.15) is 0 Å². The van der Waals surface area contributed by atoms with Crippen molar-refractivity contribution in [1.29, 1.82) is 0 Å². The Morgan fingerprint density at radius 1 is 1.14 bits per heavy atom. The Morgan fingerprint density at radius 3 is 2.46 bits per heavy atom. The number of hydrogen-bond donors (Lipinski definition) is 3. The summed E-state index contributed by atoms with van der Waals surface area (Å²) in [5, 5.41) is 31.0. The molecule has 3 saturated carbocycles. The Kier molecular flexibility index (Phi) is 11.0. The molecule has 210 valence electrons. The van der Waals surface area contributed by atoms with Crippen LogP contribution in [0.5, 0.6) is 0 Å². The van der Waals surface area contributed by atoms with Crippen LogP contribution in [-0.4, -0.2) is 46.6 Å². The van der Waals surface area contributed by atoms with E-state index in [-0.39, 0.29) is 11.3 Å². The number of hydrogen-bond acceptors (Lipinski definition) is 6. The number of rotatable bonds is 11. The summed E-state index contributed by atoms with van der Waals surface area (Å²) in [5.41, 5.74) is 3.28. The minimum absolute atomic E-state index is 0.154. The first kappa shape index (κ1) is 30.5. The number of fused-ring (bicyclic) bond motifs is 1. The quantitative estimate of drug-likeness (QED) is 0.201. The summed E-state index contributed by atoms with van der Waals surface area (Å²) in [6.45, 7) is 13.1. The first-order valence-electron chi connectivity index (χ1n) is 14.3. The van der Waals surface area contributed by atoms with Gasteiger partial charge >= 0.3 is 7.60 Å². The first-order chi connectivity index (χ1) is 17.6. The minimum Gasteiger partial charge on any atom is -0.393 e. The van der Waals surface area contributed by atoms with Crippen molar-refractivity contribution in [2.75, 3.05) is 13.2 Å². The average molecular weight is 537 g/mol. The second kappa shape index (κ2) is 13.4. The van der Waals surface area contributed by atoms with Crippen LogP contribution >= 0.6 is 7.60 Å². The Balaban J connectivity index is 1.73. The lowest BCUT2D eigenvalue weighted by molar-refractivity contribution is 0.0862. The first-order valence-corrected chi connectivity index (χ1v) is 15.9. The van der Waals surface area contributed by atoms with E-state index in [9.17, 15) is 19.9 Å². The van der Waals surface area contributed by atoms with E-state index in [2.05, 4.69) is 32.6 Å². The lowest BCUT2D eigenvalue weighted by Gasteiger charge is -2.44. The van der Waals surface area contributed by atoms with Crippen LogP contribution in [0.1, 0.15) is 85.5 Å². The molecule has 0 aromatic rings. The molecule has 2 unspecified atom stereocenters. The van der Waals surface area contributed by atoms with Crippen LogP contribution in [-0.2, 0) is 13.6 Å². The highest BCUT2D eigenvalue weighted by Gasteiger charge is 2.50. The van der Waals surface area contributed by atoms with Gasteiger partial charge in [-0.3, -0.25) is 4.57 Å². The highest BCUT2D eigenvalue weighted by Crippen LogP contribution is 2.60. The average Bonchev–Trinajstić information content (AvgIpc) is 3.23. The smallest absolute Gasteiger partial charge is 0.362 e. The van der Waals surface area contributed by atoms with Gasteiger partial charge in [-0.25, -0.2) is 0 Å². The van der Waals surface area contributed by atoms with Crippen molar-refractivity contribution in [2.45, 2.75) is 104 Å². The maximum atomic E-state index is 13.2. The van der Waals surface area contributed by atoms with Crippen LogP contribution in [0.2, 0.25) is 0 Å². The maximum absolute atomic E-state index is 13.2. The fourth-order valence-electron chi connectivity index (χ4n) is 6.75. The van der Waals surface area contributed by atoms with E-state index in [0.29, 0.717) is 50.7 Å². The van der Waals surface area contributed by atoms with E-state index >= 15 is 0 Å². The molecule has 0 aromatic carbocycles. The van der Waals surface area contributed by atoms with Crippen LogP contribution in [0.15, 0.2) is 47.6 Å². The molecular weight excluding hydrogens is 487 g/mol. The van der Waals surface area contributed by atoms with Gasteiger partial charge in [0.2, 0.25) is 0 Å². The van der Waals surface area contributed by atoms with Gasteiger partial charge < -0.3 is 24.4 Å². The van der Waals surface area contributed by atoms with Gasteiger partial charge in [-0.1, -0.05) is 58.1 Å². The predicted molar refractivity (Wildman–Crippen MR) is 149 cm³/mol. The maximum Gasteiger partial charge on any atom is 0.362 e. The van der Waals surface area contributed by atoms with E-state index in [4.69, 9.17) is 9.05 Å². The molecule has 3 N–H and O–H groups in total. The third kappa shape index (κ3) is 7.15. The molecule has 3 aliphatic rings. The highest BCUT2D eigenvalue weighted by molar-refractivity contribution is 7.54. The molecule has 0 heterocycles. The zero-order valence-corrected chi connectivity index (χ0v) is 24.2. The van der Waals surface area contributed by atoms with E-state index in [1.807, 2.05) is 19.9 Å². The van der Waals surface area contributed by atoms with E-state index in [1.165, 1.54) is 12.0 Å². The van der Waals surface area contributed by atoms with E-state index < -0.39 is 25.6 Å². The van der Waals surface area contributed by atoms with Crippen LogP contribution in [0, 0.1) is 23.2 Å². The van der Waals surface area contributed by atoms with Gasteiger partial charge in [-0.2, -0.15) is 0 Å². The Hall–Kier alpha value is -1.01. The molecule has 0 saturated heterocycles. The topological polar surface area (TPSA) is 96.2 Å². The van der Waals surface area contributed by atoms with Crippen molar-refractivity contribution in [2.24, 2.45) is 23.2 Å². The molecule has 37 heavy (non-hydrogen) atoms. The monoisotopic (exact) mass is 536 g/mol. The fourth-order valence-corrected chi connectivity index (χ4v) is 8.31. The Labute approximate surface area is 224 Å². The zero-order valence-electron chi connectivity index (χ0n) is 23.3. The summed E-state index contributed by atoms with van der Waals surface area (Å²) in [4.78, 5) is 0. The van der Waals surface area contributed by atoms with Crippen LogP contribution in [0.3, 0.4) is 0 Å². The number of aliphatic hydroxyl groups is 3. The van der Waals surface area contributed by atoms with Crippen LogP contribution in [0.4, 0.5) is 0 Å². The van der Waals surface area contributed by atoms with Gasteiger partial charge in [0.05, 0.1) is 25.4 Å². The number of allylic oxidation sites excluding steroid dienone is 4. The zero-order chi connectivity index (χ0) is 27.2. The standard InChI is InChI=1S/C30H49O6P/c1-6-17-35-37(34,36-18-7-2)29(33)15-10-21(3)26-13-14-27-23(9-8-16-30(26,27)5)11-12-24-19-25(31)20-28(32)22(24)4/h10-12,15,21,25-29,31-33H,4,6-9,13-14,16-20H2,1-3,5H3/t21-,25-,26-,27?,28+,29?,30-/m1/s1. The summed E-state index contributed by atoms with van der Waals surface area (Å²) < 4.78 is 24.2. The third-order valence-corrected chi connectivity index (χ3v) is 10.7. The molecule has 3 aliphatic carbocycles. The van der Waals surface area contributed by atoms with Gasteiger partial charge in [0, 0.05) is 6.42 Å². The largest absolute Gasteiger partial charge is 0.393 e. The molecule has 7 heteroatoms. The molecule has 3 rings (SSSR count). The summed E-state index contributed by atoms with van der Waals surface area (Å²) >= 11 is 0. The van der Waals surface area contributed by atoms with Crippen LogP contribution < -0.4 is 0 Å². The molecule has 6 nitrogen and oxygen atoms in total. The highest BCUT2D eigenvalue weighted by atomic mass is 31.2. The molecule has 7 atom stereocenters. The normalized spacial score (nSPS) is 34.8. The molecule has 3 fully saturated rings. The minimum atomic E-state index is -3.61. The van der Waals surface area contributed by atoms with Gasteiger partial charge in [-0.15, -0.1) is 0 Å². The van der Waals surface area contributed by atoms with E-state index in [0.717, 1.165) is 36.8 Å². The molecular formula is C30H49O6P. The van der Waals surface area contributed by atoms with Gasteiger partial charge in [-0.05, 0) is 91.8 Å². The SMILES string of the molecule is C=C1C(=CC=C2CCC[C@@]3(C)C2CC[C@@H]3[C@H](C)C=CC(O)P(=O)(OCCC)OCCC)C[C@@H](O)C[C@@H]1O. The van der Waals surface area contributed by atoms with Gasteiger partial charge in [0.25, 0.3) is 0 Å². The summed E-state index contributed by atoms with van der Waals surface area (Å²) in [5.74, 6) is -0.0992. The van der Waals surface area contributed by atoms with Crippen molar-refractivity contribution in [1.82, 2.24) is 0 Å². The Bertz CT molecular complexity index is 911. The molecule has 0 aliphatic heterocycles. The molecule has 0 spiro atoms. The van der Waals surface area contributed by atoms with Crippen molar-refractivity contribution in [3.05, 3.63) is 47.6 Å². The second-order valence-electron chi connectivity index (χ2n) is 11.5. The van der Waals surface area contributed by atoms with Crippen LogP contribution in [0.25, 0.3) is 0 Å². The molecule has 0 amide bonds. The van der Waals surface area contributed by atoms with Crippen molar-refractivity contribution >= 4 is 7.60 Å². The number of aliphatic hydroxyl groups excluding tert-OH is 3. The molecule has 0 aromatic heterocycles. The van der Waals surface area contributed by atoms with Crippen molar-refractivity contribution in [3.63, 3.8) is 0 Å². The second-order valence-corrected chi connectivity index (χ2v) is 13.7.